The number of aryl methyl sites for hydroxylation is 2. The molecule has 0 unspecified atom stereocenters. The van der Waals surface area contributed by atoms with Crippen molar-refractivity contribution in [3.8, 4) is 5.75 Å². The number of nitrogen functional groups attached to an aromatic ring is 1. The van der Waals surface area contributed by atoms with Crippen LogP contribution in [-0.4, -0.2) is 4.98 Å². The number of anilines is 1. The summed E-state index contributed by atoms with van der Waals surface area (Å²) in [5.41, 5.74) is 10.3. The largest absolute Gasteiger partial charge is 0.488 e. The van der Waals surface area contributed by atoms with E-state index in [0.717, 1.165) is 16.9 Å². The predicted octanol–water partition coefficient (Wildman–Crippen LogP) is 3.17. The van der Waals surface area contributed by atoms with E-state index in [9.17, 15) is 0 Å². The molecular weight excluding hydrogens is 224 g/mol. The lowest BCUT2D eigenvalue weighted by atomic mass is 10.1. The summed E-state index contributed by atoms with van der Waals surface area (Å²) in [4.78, 5) is 3.97. The van der Waals surface area contributed by atoms with Crippen LogP contribution in [0.5, 0.6) is 5.75 Å². The fraction of sp³-hybridized carbons (Fsp3) is 0.267. The van der Waals surface area contributed by atoms with E-state index >= 15 is 0 Å². The Labute approximate surface area is 108 Å². The van der Waals surface area contributed by atoms with Crippen molar-refractivity contribution in [2.24, 2.45) is 0 Å². The average molecular weight is 242 g/mol. The number of pyridine rings is 1. The minimum atomic E-state index is 0.512. The highest BCUT2D eigenvalue weighted by Gasteiger charge is 2.06. The van der Waals surface area contributed by atoms with Crippen LogP contribution < -0.4 is 10.5 Å². The molecule has 1 aromatic heterocycles. The van der Waals surface area contributed by atoms with E-state index in [1.807, 2.05) is 12.1 Å². The predicted molar refractivity (Wildman–Crippen MR) is 73.6 cm³/mol. The third-order valence-corrected chi connectivity index (χ3v) is 3.10. The lowest BCUT2D eigenvalue weighted by Crippen LogP contribution is -2.01. The van der Waals surface area contributed by atoms with E-state index in [1.54, 1.807) is 6.20 Å². The molecule has 0 aliphatic rings. The summed E-state index contributed by atoms with van der Waals surface area (Å²) in [6, 6.07) is 7.94. The summed E-state index contributed by atoms with van der Waals surface area (Å²) < 4.78 is 5.91. The van der Waals surface area contributed by atoms with Gasteiger partial charge in [-0.05, 0) is 55.2 Å². The summed E-state index contributed by atoms with van der Waals surface area (Å²) in [5, 5.41) is 0. The van der Waals surface area contributed by atoms with E-state index in [-0.39, 0.29) is 0 Å². The number of ether oxygens (including phenoxy) is 1. The second kappa shape index (κ2) is 5.08. The minimum absolute atomic E-state index is 0.512. The fourth-order valence-electron chi connectivity index (χ4n) is 1.89. The zero-order chi connectivity index (χ0) is 13.1. The highest BCUT2D eigenvalue weighted by atomic mass is 16.5. The first-order valence-electron chi connectivity index (χ1n) is 5.98. The molecule has 0 bridgehead atoms. The van der Waals surface area contributed by atoms with Crippen molar-refractivity contribution in [1.29, 1.82) is 0 Å². The van der Waals surface area contributed by atoms with Gasteiger partial charge in [0.25, 0.3) is 0 Å². The zero-order valence-electron chi connectivity index (χ0n) is 11.0. The SMILES string of the molecule is Cc1ccc(C)c(OCc2ccnc(N)c2)c1C. The standard InChI is InChI=1S/C15H18N2O/c1-10-4-5-11(2)15(12(10)3)18-9-13-6-7-17-14(16)8-13/h4-8H,9H2,1-3H3,(H2,16,17). The van der Waals surface area contributed by atoms with Gasteiger partial charge < -0.3 is 10.5 Å². The smallest absolute Gasteiger partial charge is 0.125 e. The molecule has 1 aromatic carbocycles. The number of aromatic nitrogens is 1. The van der Waals surface area contributed by atoms with Gasteiger partial charge in [0, 0.05) is 6.20 Å². The highest BCUT2D eigenvalue weighted by molar-refractivity contribution is 5.44. The van der Waals surface area contributed by atoms with Crippen LogP contribution in [0, 0.1) is 20.8 Å². The van der Waals surface area contributed by atoms with Crippen molar-refractivity contribution >= 4 is 5.82 Å². The maximum absolute atomic E-state index is 5.91. The molecule has 0 spiro atoms. The third kappa shape index (κ3) is 2.62. The molecule has 2 aromatic rings. The van der Waals surface area contributed by atoms with Crippen molar-refractivity contribution in [1.82, 2.24) is 4.98 Å². The molecule has 0 aliphatic carbocycles. The van der Waals surface area contributed by atoms with Crippen molar-refractivity contribution < 1.29 is 4.74 Å². The number of nitrogens with two attached hydrogens (primary N) is 1. The molecule has 1 heterocycles. The Balaban J connectivity index is 2.18. The summed E-state index contributed by atoms with van der Waals surface area (Å²) in [6.45, 7) is 6.74. The van der Waals surface area contributed by atoms with Gasteiger partial charge in [-0.1, -0.05) is 12.1 Å². The van der Waals surface area contributed by atoms with Crippen LogP contribution in [-0.2, 0) is 6.61 Å². The Bertz CT molecular complexity index is 564. The normalized spacial score (nSPS) is 10.4. The van der Waals surface area contributed by atoms with E-state index in [4.69, 9.17) is 10.5 Å². The van der Waals surface area contributed by atoms with Gasteiger partial charge in [-0.2, -0.15) is 0 Å². The molecule has 18 heavy (non-hydrogen) atoms. The number of rotatable bonds is 3. The Morgan fingerprint density at radius 2 is 1.83 bits per heavy atom. The van der Waals surface area contributed by atoms with Gasteiger partial charge in [0.05, 0.1) is 0 Å². The molecule has 0 atom stereocenters. The second-order valence-corrected chi connectivity index (χ2v) is 4.53. The average Bonchev–Trinajstić information content (AvgIpc) is 2.34. The molecule has 3 nitrogen and oxygen atoms in total. The number of hydrogen-bond donors (Lipinski definition) is 1. The quantitative estimate of drug-likeness (QED) is 0.899. The van der Waals surface area contributed by atoms with Crippen molar-refractivity contribution in [3.05, 3.63) is 52.7 Å². The van der Waals surface area contributed by atoms with E-state index in [2.05, 4.69) is 37.9 Å². The van der Waals surface area contributed by atoms with Crippen LogP contribution >= 0.6 is 0 Å². The first-order valence-corrected chi connectivity index (χ1v) is 5.98. The minimum Gasteiger partial charge on any atom is -0.488 e. The lowest BCUT2D eigenvalue weighted by molar-refractivity contribution is 0.301. The molecule has 0 saturated carbocycles. The molecule has 0 aliphatic heterocycles. The van der Waals surface area contributed by atoms with Crippen LogP contribution in [0.25, 0.3) is 0 Å². The van der Waals surface area contributed by atoms with Gasteiger partial charge in [0.15, 0.2) is 0 Å². The van der Waals surface area contributed by atoms with E-state index in [1.165, 1.54) is 11.1 Å². The molecule has 2 rings (SSSR count). The van der Waals surface area contributed by atoms with Gasteiger partial charge in [-0.15, -0.1) is 0 Å². The van der Waals surface area contributed by atoms with Crippen molar-refractivity contribution in [2.45, 2.75) is 27.4 Å². The Hall–Kier alpha value is -2.03. The molecular formula is C15H18N2O. The highest BCUT2D eigenvalue weighted by Crippen LogP contribution is 2.26. The Morgan fingerprint density at radius 1 is 1.11 bits per heavy atom. The van der Waals surface area contributed by atoms with Crippen LogP contribution in [0.3, 0.4) is 0 Å². The maximum atomic E-state index is 5.91. The molecule has 0 saturated heterocycles. The van der Waals surface area contributed by atoms with Gasteiger partial charge in [-0.25, -0.2) is 4.98 Å². The third-order valence-electron chi connectivity index (χ3n) is 3.10. The van der Waals surface area contributed by atoms with Crippen LogP contribution in [0.15, 0.2) is 30.5 Å². The molecule has 0 amide bonds. The summed E-state index contributed by atoms with van der Waals surface area (Å²) in [6.07, 6.45) is 1.70. The molecule has 3 heteroatoms. The Kier molecular flexibility index (Phi) is 3.51. The summed E-state index contributed by atoms with van der Waals surface area (Å²) >= 11 is 0. The lowest BCUT2D eigenvalue weighted by Gasteiger charge is -2.14. The number of benzene rings is 1. The topological polar surface area (TPSA) is 48.1 Å². The van der Waals surface area contributed by atoms with Crippen molar-refractivity contribution in [3.63, 3.8) is 0 Å². The molecule has 0 fully saturated rings. The first-order chi connectivity index (χ1) is 8.58. The zero-order valence-corrected chi connectivity index (χ0v) is 11.0. The van der Waals surface area contributed by atoms with Crippen LogP contribution in [0.1, 0.15) is 22.3 Å². The van der Waals surface area contributed by atoms with Gasteiger partial charge >= 0.3 is 0 Å². The molecule has 2 N–H and O–H groups in total. The number of nitrogens with zero attached hydrogens (tertiary/aromatic N) is 1. The van der Waals surface area contributed by atoms with Gasteiger partial charge in [0.2, 0.25) is 0 Å². The van der Waals surface area contributed by atoms with Gasteiger partial charge in [-0.3, -0.25) is 0 Å². The maximum Gasteiger partial charge on any atom is 0.125 e. The van der Waals surface area contributed by atoms with Gasteiger partial charge in [0.1, 0.15) is 18.2 Å². The van der Waals surface area contributed by atoms with Crippen LogP contribution in [0.4, 0.5) is 5.82 Å². The van der Waals surface area contributed by atoms with Crippen LogP contribution in [0.2, 0.25) is 0 Å². The molecule has 94 valence electrons. The fourth-order valence-corrected chi connectivity index (χ4v) is 1.89. The first kappa shape index (κ1) is 12.4. The van der Waals surface area contributed by atoms with E-state index in [0.29, 0.717) is 12.4 Å². The van der Waals surface area contributed by atoms with E-state index < -0.39 is 0 Å². The van der Waals surface area contributed by atoms with Crippen molar-refractivity contribution in [2.75, 3.05) is 5.73 Å². The Morgan fingerprint density at radius 3 is 2.56 bits per heavy atom. The number of hydrogen-bond acceptors (Lipinski definition) is 3. The molecule has 0 radical (unpaired) electrons. The summed E-state index contributed by atoms with van der Waals surface area (Å²) in [5.74, 6) is 1.49. The second-order valence-electron chi connectivity index (χ2n) is 4.53. The summed E-state index contributed by atoms with van der Waals surface area (Å²) in [7, 11) is 0. The monoisotopic (exact) mass is 242 g/mol.